The predicted molar refractivity (Wildman–Crippen MR) is 107 cm³/mol. The van der Waals surface area contributed by atoms with E-state index in [1.165, 1.54) is 0 Å². The van der Waals surface area contributed by atoms with Crippen molar-refractivity contribution in [2.24, 2.45) is 0 Å². The lowest BCUT2D eigenvalue weighted by atomic mass is 10.1. The molecule has 1 amide bonds. The number of carbonyl (C=O) groups excluding carboxylic acids is 1. The lowest BCUT2D eigenvalue weighted by Crippen LogP contribution is -2.55. The average molecular weight is 374 g/mol. The van der Waals surface area contributed by atoms with E-state index in [-0.39, 0.29) is 5.91 Å². The van der Waals surface area contributed by atoms with Crippen LogP contribution in [0.1, 0.15) is 27.2 Å². The highest BCUT2D eigenvalue weighted by molar-refractivity contribution is 5.73. The van der Waals surface area contributed by atoms with Crippen molar-refractivity contribution in [3.63, 3.8) is 0 Å². The molecule has 4 heterocycles. The maximum Gasteiger partial charge on any atom is 0.219 e. The largest absolute Gasteiger partial charge is 0.490 e. The first-order valence-electron chi connectivity index (χ1n) is 10.2. The third kappa shape index (κ3) is 3.70. The number of hydrogen-bond acceptors (Lipinski definition) is 6. The fourth-order valence-electron chi connectivity index (χ4n) is 4.38. The Bertz CT molecular complexity index is 687. The zero-order chi connectivity index (χ0) is 19.0. The van der Waals surface area contributed by atoms with Gasteiger partial charge >= 0.3 is 0 Å². The highest BCUT2D eigenvalue weighted by atomic mass is 16.5. The molecule has 27 heavy (non-hydrogen) atoms. The molecule has 0 bridgehead atoms. The lowest BCUT2D eigenvalue weighted by molar-refractivity contribution is -0.129. The summed E-state index contributed by atoms with van der Waals surface area (Å²) in [5.41, 5.74) is 1.09. The number of ether oxygens (including phenoxy) is 1. The number of piperazine rings is 2. The Morgan fingerprint density at radius 2 is 1.96 bits per heavy atom. The molecule has 1 aromatic rings. The van der Waals surface area contributed by atoms with Gasteiger partial charge in [0.25, 0.3) is 0 Å². The maximum absolute atomic E-state index is 11.5. The standard InChI is InChI=1S/C20H31N5O2/c1-15(2)24-9-10-25-17(14-24)4-11-27-19-12-18(13-21-20(19)25)23-7-5-22(6-8-23)16(3)26/h12-13,15,17H,4-11,14H2,1-3H3/t17-/m0/s1. The van der Waals surface area contributed by atoms with Crippen LogP contribution in [-0.4, -0.2) is 85.2 Å². The van der Waals surface area contributed by atoms with Crippen molar-refractivity contribution in [1.29, 1.82) is 0 Å². The summed E-state index contributed by atoms with van der Waals surface area (Å²) in [4.78, 5) is 25.6. The molecule has 2 saturated heterocycles. The van der Waals surface area contributed by atoms with Crippen LogP contribution in [0.15, 0.2) is 12.3 Å². The van der Waals surface area contributed by atoms with E-state index in [1.54, 1.807) is 6.92 Å². The molecule has 1 atom stereocenters. The summed E-state index contributed by atoms with van der Waals surface area (Å²) in [5.74, 6) is 2.05. The van der Waals surface area contributed by atoms with Crippen LogP contribution in [0, 0.1) is 0 Å². The first-order valence-corrected chi connectivity index (χ1v) is 10.2. The smallest absolute Gasteiger partial charge is 0.219 e. The Kier molecular flexibility index (Phi) is 5.12. The van der Waals surface area contributed by atoms with Crippen molar-refractivity contribution < 1.29 is 9.53 Å². The second-order valence-electron chi connectivity index (χ2n) is 8.08. The maximum atomic E-state index is 11.5. The van der Waals surface area contributed by atoms with Gasteiger partial charge in [-0.2, -0.15) is 0 Å². The van der Waals surface area contributed by atoms with Crippen LogP contribution in [0.25, 0.3) is 0 Å². The van der Waals surface area contributed by atoms with Crippen LogP contribution >= 0.6 is 0 Å². The molecule has 0 saturated carbocycles. The molecule has 0 radical (unpaired) electrons. The summed E-state index contributed by atoms with van der Waals surface area (Å²) in [6.07, 6.45) is 3.01. The molecule has 3 aliphatic rings. The van der Waals surface area contributed by atoms with Gasteiger partial charge in [-0.25, -0.2) is 4.98 Å². The Morgan fingerprint density at radius 1 is 1.19 bits per heavy atom. The molecule has 0 unspecified atom stereocenters. The van der Waals surface area contributed by atoms with Crippen molar-refractivity contribution >= 4 is 17.4 Å². The topological polar surface area (TPSA) is 52.2 Å². The van der Waals surface area contributed by atoms with Gasteiger partial charge < -0.3 is 19.4 Å². The second-order valence-corrected chi connectivity index (χ2v) is 8.08. The van der Waals surface area contributed by atoms with E-state index >= 15 is 0 Å². The number of carbonyl (C=O) groups is 1. The number of hydrogen-bond donors (Lipinski definition) is 0. The van der Waals surface area contributed by atoms with Crippen molar-refractivity contribution in [2.45, 2.75) is 39.3 Å². The summed E-state index contributed by atoms with van der Waals surface area (Å²) in [7, 11) is 0. The van der Waals surface area contributed by atoms with E-state index in [1.807, 2.05) is 11.1 Å². The van der Waals surface area contributed by atoms with E-state index in [0.29, 0.717) is 12.1 Å². The number of anilines is 2. The number of pyridine rings is 1. The van der Waals surface area contributed by atoms with Gasteiger partial charge in [-0.05, 0) is 13.8 Å². The predicted octanol–water partition coefficient (Wildman–Crippen LogP) is 1.43. The van der Waals surface area contributed by atoms with Gasteiger partial charge in [-0.3, -0.25) is 9.69 Å². The zero-order valence-corrected chi connectivity index (χ0v) is 16.7. The number of rotatable bonds is 2. The summed E-state index contributed by atoms with van der Waals surface area (Å²) < 4.78 is 6.11. The normalized spacial score (nSPS) is 23.6. The number of fused-ring (bicyclic) bond motifs is 3. The van der Waals surface area contributed by atoms with E-state index in [9.17, 15) is 4.79 Å². The fraction of sp³-hybridized carbons (Fsp3) is 0.700. The molecule has 0 aliphatic carbocycles. The van der Waals surface area contributed by atoms with Crippen LogP contribution in [0.2, 0.25) is 0 Å². The summed E-state index contributed by atoms with van der Waals surface area (Å²) in [6, 6.07) is 3.20. The van der Waals surface area contributed by atoms with Crippen molar-refractivity contribution in [1.82, 2.24) is 14.8 Å². The minimum atomic E-state index is 0.157. The Hall–Kier alpha value is -2.02. The molecular formula is C20H31N5O2. The first-order chi connectivity index (χ1) is 13.0. The van der Waals surface area contributed by atoms with Gasteiger partial charge in [-0.15, -0.1) is 0 Å². The van der Waals surface area contributed by atoms with Gasteiger partial charge in [0.2, 0.25) is 5.91 Å². The van der Waals surface area contributed by atoms with Crippen LogP contribution in [0.5, 0.6) is 5.75 Å². The molecule has 3 aliphatic heterocycles. The second kappa shape index (κ2) is 7.54. The number of amides is 1. The Labute approximate surface area is 161 Å². The monoisotopic (exact) mass is 373 g/mol. The number of nitrogens with zero attached hydrogens (tertiary/aromatic N) is 5. The molecule has 1 aromatic heterocycles. The molecule has 148 valence electrons. The minimum Gasteiger partial charge on any atom is -0.490 e. The van der Waals surface area contributed by atoms with E-state index < -0.39 is 0 Å². The van der Waals surface area contributed by atoms with E-state index in [0.717, 1.165) is 76.1 Å². The molecule has 7 nitrogen and oxygen atoms in total. The third-order valence-electron chi connectivity index (χ3n) is 6.13. The van der Waals surface area contributed by atoms with Gasteiger partial charge in [0.15, 0.2) is 11.6 Å². The van der Waals surface area contributed by atoms with Gasteiger partial charge in [-0.1, -0.05) is 0 Å². The zero-order valence-electron chi connectivity index (χ0n) is 16.7. The minimum absolute atomic E-state index is 0.157. The number of aromatic nitrogens is 1. The molecule has 7 heteroatoms. The van der Waals surface area contributed by atoms with E-state index in [2.05, 4.69) is 34.6 Å². The summed E-state index contributed by atoms with van der Waals surface area (Å²) >= 11 is 0. The molecule has 4 rings (SSSR count). The van der Waals surface area contributed by atoms with E-state index in [4.69, 9.17) is 9.72 Å². The fourth-order valence-corrected chi connectivity index (χ4v) is 4.38. The molecule has 2 fully saturated rings. The lowest BCUT2D eigenvalue weighted by Gasteiger charge is -2.43. The highest BCUT2D eigenvalue weighted by Gasteiger charge is 2.33. The SMILES string of the molecule is CC(=O)N1CCN(c2cnc3c(c2)OCC[C@H]2CN(C(C)C)CCN32)CC1. The van der Waals surface area contributed by atoms with Crippen LogP contribution in [-0.2, 0) is 4.79 Å². The van der Waals surface area contributed by atoms with Crippen LogP contribution in [0.4, 0.5) is 11.5 Å². The Balaban J connectivity index is 1.50. The highest BCUT2D eigenvalue weighted by Crippen LogP contribution is 2.36. The molecule has 0 spiro atoms. The first kappa shape index (κ1) is 18.3. The van der Waals surface area contributed by atoms with Gasteiger partial charge in [0, 0.05) is 77.3 Å². The van der Waals surface area contributed by atoms with Gasteiger partial charge in [0.05, 0.1) is 18.5 Å². The van der Waals surface area contributed by atoms with Gasteiger partial charge in [0.1, 0.15) is 0 Å². The molecule has 0 N–H and O–H groups in total. The van der Waals surface area contributed by atoms with Crippen LogP contribution in [0.3, 0.4) is 0 Å². The third-order valence-corrected chi connectivity index (χ3v) is 6.13. The molecular weight excluding hydrogens is 342 g/mol. The quantitative estimate of drug-likeness (QED) is 0.782. The summed E-state index contributed by atoms with van der Waals surface area (Å²) in [5, 5.41) is 0. The summed E-state index contributed by atoms with van der Waals surface area (Å²) in [6.45, 7) is 13.3. The van der Waals surface area contributed by atoms with Crippen LogP contribution < -0.4 is 14.5 Å². The average Bonchev–Trinajstić information content (AvgIpc) is 2.86. The molecule has 0 aromatic carbocycles. The Morgan fingerprint density at radius 3 is 2.67 bits per heavy atom. The van der Waals surface area contributed by atoms with Crippen molar-refractivity contribution in [3.8, 4) is 5.75 Å². The van der Waals surface area contributed by atoms with Crippen molar-refractivity contribution in [2.75, 3.05) is 62.2 Å². The van der Waals surface area contributed by atoms with Crippen molar-refractivity contribution in [3.05, 3.63) is 12.3 Å².